The van der Waals surface area contributed by atoms with E-state index in [1.807, 2.05) is 5.38 Å². The second-order valence-corrected chi connectivity index (χ2v) is 9.43. The third-order valence-corrected chi connectivity index (χ3v) is 6.77. The third kappa shape index (κ3) is 6.07. The highest BCUT2D eigenvalue weighted by Gasteiger charge is 2.25. The Kier molecular flexibility index (Phi) is 8.75. The Bertz CT molecular complexity index is 837. The molecule has 3 heterocycles. The monoisotopic (exact) mass is 453 g/mol. The smallest absolute Gasteiger partial charge is 0.226 e. The molecule has 5 N–H and O–H groups in total. The quantitative estimate of drug-likeness (QED) is 0.262. The lowest BCUT2D eigenvalue weighted by Crippen LogP contribution is -2.27. The lowest BCUT2D eigenvalue weighted by molar-refractivity contribution is -0.116. The average Bonchev–Trinajstić information content (AvgIpc) is 3.32. The Hall–Kier alpha value is -1.40. The van der Waals surface area contributed by atoms with E-state index in [1.165, 1.54) is 21.8 Å². The van der Waals surface area contributed by atoms with Gasteiger partial charge in [0.2, 0.25) is 5.91 Å². The van der Waals surface area contributed by atoms with Crippen molar-refractivity contribution in [2.24, 2.45) is 0 Å². The second-order valence-electron chi connectivity index (χ2n) is 7.47. The lowest BCUT2D eigenvalue weighted by Gasteiger charge is -2.13. The van der Waals surface area contributed by atoms with E-state index in [-0.39, 0.29) is 5.91 Å². The van der Waals surface area contributed by atoms with Crippen LogP contribution in [0.25, 0.3) is 10.6 Å². The zero-order valence-electron chi connectivity index (χ0n) is 17.7. The maximum atomic E-state index is 12.5. The molecule has 3 rings (SSSR count). The van der Waals surface area contributed by atoms with Crippen LogP contribution in [0, 0.1) is 0 Å². The molecule has 0 bridgehead atoms. The van der Waals surface area contributed by atoms with Crippen LogP contribution in [0.5, 0.6) is 0 Å². The molecule has 0 fully saturated rings. The molecule has 166 valence electrons. The average molecular weight is 454 g/mol. The summed E-state index contributed by atoms with van der Waals surface area (Å²) in [4.78, 5) is 18.4. The van der Waals surface area contributed by atoms with Crippen LogP contribution in [-0.2, 0) is 22.5 Å². The molecule has 0 aliphatic carbocycles. The highest BCUT2D eigenvalue weighted by atomic mass is 32.1. The van der Waals surface area contributed by atoms with Crippen molar-refractivity contribution in [1.29, 1.82) is 0 Å². The minimum absolute atomic E-state index is 0.00555. The van der Waals surface area contributed by atoms with Crippen molar-refractivity contribution in [3.05, 3.63) is 21.5 Å². The fourth-order valence-electron chi connectivity index (χ4n) is 3.24. The highest BCUT2D eigenvalue weighted by molar-refractivity contribution is 7.18. The summed E-state index contributed by atoms with van der Waals surface area (Å²) in [6.07, 6.45) is 0.473. The molecule has 10 heteroatoms. The predicted molar refractivity (Wildman–Crippen MR) is 122 cm³/mol. The Balaban J connectivity index is 1.78. The largest absolute Gasteiger partial charge is 0.383 e. The first kappa shape index (κ1) is 23.3. The molecule has 0 spiro atoms. The number of methoxy groups -OCH3 is 1. The maximum Gasteiger partial charge on any atom is 0.226 e. The minimum atomic E-state index is -0.846. The molecule has 1 aliphatic heterocycles. The lowest BCUT2D eigenvalue weighted by atomic mass is 10.0. The molecule has 1 amide bonds. The van der Waals surface area contributed by atoms with E-state index in [4.69, 9.17) is 4.74 Å². The van der Waals surface area contributed by atoms with Gasteiger partial charge in [-0.05, 0) is 18.5 Å². The summed E-state index contributed by atoms with van der Waals surface area (Å²) < 4.78 is 5.01. The van der Waals surface area contributed by atoms with Crippen molar-refractivity contribution >= 4 is 33.6 Å². The number of fused-ring (bicyclic) bond motifs is 1. The van der Waals surface area contributed by atoms with E-state index in [0.717, 1.165) is 35.1 Å². The zero-order chi connectivity index (χ0) is 21.5. The first-order chi connectivity index (χ1) is 14.5. The van der Waals surface area contributed by atoms with Gasteiger partial charge < -0.3 is 25.8 Å². The number of hydrogen-bond donors (Lipinski definition) is 5. The van der Waals surface area contributed by atoms with E-state index < -0.39 is 6.23 Å². The molecule has 2 aromatic rings. The summed E-state index contributed by atoms with van der Waals surface area (Å²) in [6, 6.07) is 0.353. The number of carbonyl (C=O) groups is 1. The molecule has 0 aromatic carbocycles. The van der Waals surface area contributed by atoms with Gasteiger partial charge in [0.1, 0.15) is 16.2 Å². The number of thiophene rings is 1. The number of amides is 1. The molecule has 30 heavy (non-hydrogen) atoms. The van der Waals surface area contributed by atoms with Gasteiger partial charge in [-0.3, -0.25) is 10.1 Å². The zero-order valence-corrected chi connectivity index (χ0v) is 19.3. The van der Waals surface area contributed by atoms with E-state index >= 15 is 0 Å². The van der Waals surface area contributed by atoms with Crippen molar-refractivity contribution in [2.45, 2.75) is 45.5 Å². The van der Waals surface area contributed by atoms with Crippen LogP contribution in [0.15, 0.2) is 5.38 Å². The number of carbonyl (C=O) groups excluding carboxylic acids is 1. The van der Waals surface area contributed by atoms with Crippen LogP contribution >= 0.6 is 22.7 Å². The molecule has 1 aliphatic rings. The molecule has 2 aromatic heterocycles. The Morgan fingerprint density at radius 2 is 2.20 bits per heavy atom. The van der Waals surface area contributed by atoms with Crippen LogP contribution in [0.1, 0.15) is 42.6 Å². The number of ether oxygens (including phenoxy) is 1. The van der Waals surface area contributed by atoms with E-state index in [9.17, 15) is 9.90 Å². The number of nitrogens with zero attached hydrogens (tertiary/aromatic N) is 1. The van der Waals surface area contributed by atoms with Gasteiger partial charge >= 0.3 is 0 Å². The summed E-state index contributed by atoms with van der Waals surface area (Å²) in [7, 11) is 1.62. The van der Waals surface area contributed by atoms with Crippen LogP contribution in [-0.4, -0.2) is 55.4 Å². The van der Waals surface area contributed by atoms with Crippen LogP contribution < -0.4 is 21.3 Å². The first-order valence-corrected chi connectivity index (χ1v) is 11.9. The number of aliphatic hydroxyl groups excluding tert-OH is 1. The van der Waals surface area contributed by atoms with Crippen LogP contribution in [0.2, 0.25) is 0 Å². The molecular weight excluding hydrogens is 422 g/mol. The van der Waals surface area contributed by atoms with Crippen molar-refractivity contribution < 1.29 is 14.6 Å². The number of rotatable bonds is 11. The molecular formula is C20H31N5O3S2. The van der Waals surface area contributed by atoms with Crippen LogP contribution in [0.4, 0.5) is 5.00 Å². The fraction of sp³-hybridized carbons (Fsp3) is 0.600. The van der Waals surface area contributed by atoms with Crippen LogP contribution in [0.3, 0.4) is 0 Å². The van der Waals surface area contributed by atoms with Crippen molar-refractivity contribution in [3.63, 3.8) is 0 Å². The fourth-order valence-corrected chi connectivity index (χ4v) is 5.46. The molecule has 0 radical (unpaired) electrons. The SMILES string of the molecule is COCCNC(O)c1csc(-c2c(NC(=O)CCNC(C)C)sc3c2CCNC3)n1. The molecule has 0 saturated carbocycles. The summed E-state index contributed by atoms with van der Waals surface area (Å²) >= 11 is 3.11. The summed E-state index contributed by atoms with van der Waals surface area (Å²) in [5.41, 5.74) is 2.83. The van der Waals surface area contributed by atoms with Crippen molar-refractivity contribution in [1.82, 2.24) is 20.9 Å². The standard InChI is InChI=1S/C20H31N5O3S2/c1-12(2)22-7-5-16(26)25-20-17(13-4-6-21-10-15(13)30-20)19-24-14(11-29-19)18(27)23-8-9-28-3/h11-12,18,21-23,27H,4-10H2,1-3H3,(H,25,26). The minimum Gasteiger partial charge on any atom is -0.383 e. The van der Waals surface area contributed by atoms with E-state index in [0.29, 0.717) is 37.9 Å². The summed E-state index contributed by atoms with van der Waals surface area (Å²) in [5.74, 6) is -0.00555. The Labute approximate surface area is 185 Å². The Morgan fingerprint density at radius 3 is 2.97 bits per heavy atom. The van der Waals surface area contributed by atoms with Gasteiger partial charge in [0.25, 0.3) is 0 Å². The van der Waals surface area contributed by atoms with Crippen molar-refractivity contribution in [3.8, 4) is 10.6 Å². The van der Waals surface area contributed by atoms with E-state index in [2.05, 4.69) is 40.1 Å². The molecule has 8 nitrogen and oxygen atoms in total. The van der Waals surface area contributed by atoms with Gasteiger partial charge in [0, 0.05) is 55.0 Å². The Morgan fingerprint density at radius 1 is 1.37 bits per heavy atom. The summed E-state index contributed by atoms with van der Waals surface area (Å²) in [5, 5.41) is 26.6. The van der Waals surface area contributed by atoms with Gasteiger partial charge in [-0.1, -0.05) is 13.8 Å². The second kappa shape index (κ2) is 11.3. The number of thiazole rings is 1. The molecule has 0 saturated heterocycles. The number of hydrogen-bond acceptors (Lipinski definition) is 9. The number of aromatic nitrogens is 1. The maximum absolute atomic E-state index is 12.5. The molecule has 1 unspecified atom stereocenters. The van der Waals surface area contributed by atoms with Crippen molar-refractivity contribution in [2.75, 3.05) is 38.7 Å². The third-order valence-electron chi connectivity index (χ3n) is 4.75. The van der Waals surface area contributed by atoms with Gasteiger partial charge in [-0.15, -0.1) is 22.7 Å². The predicted octanol–water partition coefficient (Wildman–Crippen LogP) is 2.07. The van der Waals surface area contributed by atoms with Gasteiger partial charge in [0.05, 0.1) is 12.3 Å². The van der Waals surface area contributed by atoms with Gasteiger partial charge in [-0.2, -0.15) is 0 Å². The number of nitrogens with one attached hydrogen (secondary N) is 4. The number of anilines is 1. The summed E-state index contributed by atoms with van der Waals surface area (Å²) in [6.45, 7) is 7.53. The molecule has 1 atom stereocenters. The normalized spacial score (nSPS) is 14.7. The highest BCUT2D eigenvalue weighted by Crippen LogP contribution is 2.43. The van der Waals surface area contributed by atoms with Gasteiger partial charge in [0.15, 0.2) is 0 Å². The van der Waals surface area contributed by atoms with Gasteiger partial charge in [-0.25, -0.2) is 4.98 Å². The number of aliphatic hydroxyl groups is 1. The topological polar surface area (TPSA) is 108 Å². The van der Waals surface area contributed by atoms with E-state index in [1.54, 1.807) is 18.4 Å². The first-order valence-electron chi connectivity index (χ1n) is 10.2.